The largest absolute Gasteiger partial charge is 0.388 e. The number of hydrogen-bond acceptors (Lipinski definition) is 1. The second-order valence-electron chi connectivity index (χ2n) is 4.48. The van der Waals surface area contributed by atoms with E-state index in [1.54, 1.807) is 0 Å². The van der Waals surface area contributed by atoms with Crippen LogP contribution in [-0.2, 0) is 6.42 Å². The normalized spacial score (nSPS) is 12.5. The van der Waals surface area contributed by atoms with E-state index in [9.17, 15) is 13.9 Å². The third-order valence-electron chi connectivity index (χ3n) is 2.94. The molecule has 1 unspecified atom stereocenters. The van der Waals surface area contributed by atoms with Crippen LogP contribution in [0.2, 0.25) is 0 Å². The van der Waals surface area contributed by atoms with Crippen LogP contribution in [0.5, 0.6) is 0 Å². The third-order valence-corrected chi connectivity index (χ3v) is 3.66. The van der Waals surface area contributed by atoms with Gasteiger partial charge in [0.05, 0.1) is 6.10 Å². The van der Waals surface area contributed by atoms with Crippen molar-refractivity contribution in [2.45, 2.75) is 19.4 Å². The molecule has 1 nitrogen and oxygen atoms in total. The van der Waals surface area contributed by atoms with Crippen molar-refractivity contribution in [3.8, 4) is 0 Å². The second-order valence-corrected chi connectivity index (χ2v) is 5.33. The van der Waals surface area contributed by atoms with Crippen LogP contribution in [0.3, 0.4) is 0 Å². The van der Waals surface area contributed by atoms with Crippen molar-refractivity contribution in [1.82, 2.24) is 0 Å². The van der Waals surface area contributed by atoms with E-state index in [4.69, 9.17) is 0 Å². The molecular formula is C15H13BrF2O. The first-order valence-corrected chi connectivity index (χ1v) is 6.64. The van der Waals surface area contributed by atoms with Crippen molar-refractivity contribution in [2.75, 3.05) is 0 Å². The molecule has 0 heterocycles. The highest BCUT2D eigenvalue weighted by Crippen LogP contribution is 2.27. The molecule has 0 bridgehead atoms. The van der Waals surface area contributed by atoms with E-state index in [-0.39, 0.29) is 6.42 Å². The van der Waals surface area contributed by atoms with Crippen LogP contribution < -0.4 is 0 Å². The molecule has 0 radical (unpaired) electrons. The van der Waals surface area contributed by atoms with Crippen molar-refractivity contribution >= 4 is 15.9 Å². The number of rotatable bonds is 3. The Balaban J connectivity index is 2.25. The minimum absolute atomic E-state index is 0.105. The van der Waals surface area contributed by atoms with Crippen LogP contribution in [-0.4, -0.2) is 5.11 Å². The van der Waals surface area contributed by atoms with Crippen LogP contribution in [0.4, 0.5) is 8.78 Å². The maximum absolute atomic E-state index is 13.5. The number of aliphatic hydroxyl groups is 1. The zero-order valence-corrected chi connectivity index (χ0v) is 11.9. The lowest BCUT2D eigenvalue weighted by Crippen LogP contribution is -2.05. The molecular weight excluding hydrogens is 314 g/mol. The quantitative estimate of drug-likeness (QED) is 0.891. The fourth-order valence-electron chi connectivity index (χ4n) is 1.92. The first-order chi connectivity index (χ1) is 8.97. The highest BCUT2D eigenvalue weighted by molar-refractivity contribution is 9.10. The summed E-state index contributed by atoms with van der Waals surface area (Å²) in [4.78, 5) is 0. The molecule has 19 heavy (non-hydrogen) atoms. The molecule has 2 aromatic rings. The molecule has 0 saturated heterocycles. The minimum Gasteiger partial charge on any atom is -0.388 e. The number of aliphatic hydroxyl groups excluding tert-OH is 1. The first-order valence-electron chi connectivity index (χ1n) is 5.85. The van der Waals surface area contributed by atoms with E-state index in [1.165, 1.54) is 12.1 Å². The van der Waals surface area contributed by atoms with Gasteiger partial charge in [0.1, 0.15) is 11.6 Å². The maximum Gasteiger partial charge on any atom is 0.129 e. The highest BCUT2D eigenvalue weighted by atomic mass is 79.9. The van der Waals surface area contributed by atoms with Gasteiger partial charge < -0.3 is 5.11 Å². The summed E-state index contributed by atoms with van der Waals surface area (Å²) in [5.74, 6) is -1.25. The zero-order valence-electron chi connectivity index (χ0n) is 10.3. The molecule has 2 aromatic carbocycles. The summed E-state index contributed by atoms with van der Waals surface area (Å²) in [7, 11) is 0. The second kappa shape index (κ2) is 5.80. The van der Waals surface area contributed by atoms with Gasteiger partial charge in [0.15, 0.2) is 0 Å². The summed E-state index contributed by atoms with van der Waals surface area (Å²) >= 11 is 3.36. The zero-order chi connectivity index (χ0) is 14.0. The fourth-order valence-corrected chi connectivity index (χ4v) is 2.43. The van der Waals surface area contributed by atoms with E-state index in [0.29, 0.717) is 11.1 Å². The SMILES string of the molecule is Cc1ccc(Br)c(C(O)Cc2ccc(F)cc2F)c1. The lowest BCUT2D eigenvalue weighted by atomic mass is 10.00. The third kappa shape index (κ3) is 3.39. The Morgan fingerprint density at radius 2 is 1.89 bits per heavy atom. The van der Waals surface area contributed by atoms with Gasteiger partial charge in [-0.2, -0.15) is 0 Å². The number of aryl methyl sites for hydroxylation is 1. The average molecular weight is 327 g/mol. The number of benzene rings is 2. The van der Waals surface area contributed by atoms with Gasteiger partial charge in [0, 0.05) is 17.0 Å². The Bertz CT molecular complexity index is 599. The minimum atomic E-state index is -0.839. The fraction of sp³-hybridized carbons (Fsp3) is 0.200. The van der Waals surface area contributed by atoms with Crippen LogP contribution in [0.25, 0.3) is 0 Å². The van der Waals surface area contributed by atoms with Crippen LogP contribution in [0.15, 0.2) is 40.9 Å². The lowest BCUT2D eigenvalue weighted by molar-refractivity contribution is 0.176. The van der Waals surface area contributed by atoms with E-state index < -0.39 is 17.7 Å². The molecule has 2 rings (SSSR count). The summed E-state index contributed by atoms with van der Waals surface area (Å²) < 4.78 is 27.1. The molecule has 4 heteroatoms. The summed E-state index contributed by atoms with van der Waals surface area (Å²) in [6.07, 6.45) is -0.733. The van der Waals surface area contributed by atoms with Crippen molar-refractivity contribution in [2.24, 2.45) is 0 Å². The Morgan fingerprint density at radius 3 is 2.58 bits per heavy atom. The van der Waals surface area contributed by atoms with Crippen molar-refractivity contribution in [1.29, 1.82) is 0 Å². The van der Waals surface area contributed by atoms with Gasteiger partial charge in [-0.1, -0.05) is 39.7 Å². The van der Waals surface area contributed by atoms with Gasteiger partial charge in [-0.25, -0.2) is 8.78 Å². The number of halogens is 3. The van der Waals surface area contributed by atoms with E-state index in [2.05, 4.69) is 15.9 Å². The molecule has 0 aromatic heterocycles. The predicted octanol–water partition coefficient (Wildman–Crippen LogP) is 4.31. The smallest absolute Gasteiger partial charge is 0.129 e. The summed E-state index contributed by atoms with van der Waals surface area (Å²) in [5.41, 5.74) is 2.00. The topological polar surface area (TPSA) is 20.2 Å². The van der Waals surface area contributed by atoms with Crippen molar-refractivity contribution in [3.05, 3.63) is 69.2 Å². The highest BCUT2D eigenvalue weighted by Gasteiger charge is 2.15. The molecule has 0 aliphatic rings. The molecule has 0 aliphatic carbocycles. The molecule has 1 N–H and O–H groups in total. The van der Waals surface area contributed by atoms with Crippen LogP contribution >= 0.6 is 15.9 Å². The van der Waals surface area contributed by atoms with E-state index >= 15 is 0 Å². The molecule has 0 spiro atoms. The monoisotopic (exact) mass is 326 g/mol. The Morgan fingerprint density at radius 1 is 1.16 bits per heavy atom. The standard InChI is InChI=1S/C15H13BrF2O/c1-9-2-5-13(16)12(6-9)15(19)7-10-3-4-11(17)8-14(10)18/h2-6,8,15,19H,7H2,1H3. The first kappa shape index (κ1) is 14.2. The lowest BCUT2D eigenvalue weighted by Gasteiger charge is -2.14. The molecule has 100 valence electrons. The summed E-state index contributed by atoms with van der Waals surface area (Å²) in [6, 6.07) is 8.98. The Kier molecular flexibility index (Phi) is 4.32. The van der Waals surface area contributed by atoms with Crippen LogP contribution in [0, 0.1) is 18.6 Å². The van der Waals surface area contributed by atoms with Gasteiger partial charge in [-0.15, -0.1) is 0 Å². The number of hydrogen-bond donors (Lipinski definition) is 1. The maximum atomic E-state index is 13.5. The van der Waals surface area contributed by atoms with Crippen molar-refractivity contribution < 1.29 is 13.9 Å². The van der Waals surface area contributed by atoms with Gasteiger partial charge in [0.25, 0.3) is 0 Å². The predicted molar refractivity (Wildman–Crippen MR) is 73.9 cm³/mol. The van der Waals surface area contributed by atoms with Crippen LogP contribution in [0.1, 0.15) is 22.8 Å². The van der Waals surface area contributed by atoms with Gasteiger partial charge in [0.2, 0.25) is 0 Å². The Labute approximate surface area is 119 Å². The van der Waals surface area contributed by atoms with E-state index in [1.807, 2.05) is 25.1 Å². The van der Waals surface area contributed by atoms with Gasteiger partial charge in [-0.05, 0) is 30.2 Å². The molecule has 0 saturated carbocycles. The van der Waals surface area contributed by atoms with Gasteiger partial charge >= 0.3 is 0 Å². The molecule has 0 amide bonds. The van der Waals surface area contributed by atoms with Gasteiger partial charge in [-0.3, -0.25) is 0 Å². The summed E-state index contributed by atoms with van der Waals surface area (Å²) in [6.45, 7) is 1.92. The Hall–Kier alpha value is -1.26. The van der Waals surface area contributed by atoms with Crippen molar-refractivity contribution in [3.63, 3.8) is 0 Å². The molecule has 0 aliphatic heterocycles. The molecule has 1 atom stereocenters. The molecule has 0 fully saturated rings. The van der Waals surface area contributed by atoms with E-state index in [0.717, 1.165) is 16.1 Å². The average Bonchev–Trinajstić information content (AvgIpc) is 2.35. The summed E-state index contributed by atoms with van der Waals surface area (Å²) in [5, 5.41) is 10.2.